The van der Waals surface area contributed by atoms with E-state index in [2.05, 4.69) is 15.1 Å². The maximum atomic E-state index is 12.5. The summed E-state index contributed by atoms with van der Waals surface area (Å²) < 4.78 is 5.13. The van der Waals surface area contributed by atoms with E-state index in [0.29, 0.717) is 30.8 Å². The van der Waals surface area contributed by atoms with Crippen molar-refractivity contribution in [1.29, 1.82) is 0 Å². The third-order valence-corrected chi connectivity index (χ3v) is 6.73. The fourth-order valence-corrected chi connectivity index (χ4v) is 5.38. The van der Waals surface area contributed by atoms with Crippen molar-refractivity contribution in [3.8, 4) is 0 Å². The first-order chi connectivity index (χ1) is 12.7. The van der Waals surface area contributed by atoms with Gasteiger partial charge in [0.15, 0.2) is 0 Å². The van der Waals surface area contributed by atoms with Crippen molar-refractivity contribution in [2.24, 2.45) is 0 Å². The molecule has 3 heterocycles. The topological polar surface area (TPSA) is 65.1 Å². The second-order valence-corrected chi connectivity index (χ2v) is 8.17. The molecule has 4 aliphatic rings. The lowest BCUT2D eigenvalue weighted by Gasteiger charge is -2.41. The van der Waals surface area contributed by atoms with E-state index in [9.17, 15) is 9.59 Å². The second kappa shape index (κ2) is 7.62. The van der Waals surface area contributed by atoms with Gasteiger partial charge in [0.25, 0.3) is 0 Å². The SMILES string of the molecule is CCOC(=O)N1CCC(N2CCC(N3C(=O)N[C@H]4CCCC[C@@H]43)CC2)C1. The maximum absolute atomic E-state index is 12.5. The minimum absolute atomic E-state index is 0.162. The number of piperidine rings is 1. The number of nitrogens with one attached hydrogen (secondary N) is 1. The van der Waals surface area contributed by atoms with Gasteiger partial charge in [-0.3, -0.25) is 4.90 Å². The van der Waals surface area contributed by atoms with Crippen LogP contribution in [0.1, 0.15) is 51.9 Å². The van der Waals surface area contributed by atoms with E-state index >= 15 is 0 Å². The number of urea groups is 1. The van der Waals surface area contributed by atoms with E-state index in [1.807, 2.05) is 11.8 Å². The molecule has 1 N–H and O–H groups in total. The Kier molecular flexibility index (Phi) is 5.25. The molecule has 1 saturated carbocycles. The highest BCUT2D eigenvalue weighted by molar-refractivity contribution is 5.78. The molecule has 4 rings (SSSR count). The summed E-state index contributed by atoms with van der Waals surface area (Å²) in [4.78, 5) is 30.9. The van der Waals surface area contributed by atoms with E-state index in [4.69, 9.17) is 4.74 Å². The lowest BCUT2D eigenvalue weighted by Crippen LogP contribution is -2.52. The number of amides is 3. The standard InChI is InChI=1S/C19H32N4O3/c1-2-26-19(25)22-12-9-15(13-22)21-10-7-14(8-11-21)23-17-6-4-3-5-16(17)20-18(23)24/h14-17H,2-13H2,1H3,(H,20,24)/t15?,16-,17-/m0/s1. The number of nitrogens with zero attached hydrogens (tertiary/aromatic N) is 3. The van der Waals surface area contributed by atoms with E-state index in [-0.39, 0.29) is 12.1 Å². The van der Waals surface area contributed by atoms with Gasteiger partial charge in [0.2, 0.25) is 0 Å². The fourth-order valence-electron chi connectivity index (χ4n) is 5.38. The number of carbonyl (C=O) groups is 2. The number of rotatable bonds is 3. The summed E-state index contributed by atoms with van der Waals surface area (Å²) in [6.45, 7) is 5.90. The van der Waals surface area contributed by atoms with Crippen LogP contribution in [0.15, 0.2) is 0 Å². The van der Waals surface area contributed by atoms with Crippen LogP contribution in [0.4, 0.5) is 9.59 Å². The van der Waals surface area contributed by atoms with Gasteiger partial charge in [-0.2, -0.15) is 0 Å². The van der Waals surface area contributed by atoms with Crippen LogP contribution in [-0.4, -0.2) is 83.8 Å². The summed E-state index contributed by atoms with van der Waals surface area (Å²) in [6.07, 6.45) is 7.72. The molecule has 0 aromatic rings. The highest BCUT2D eigenvalue weighted by atomic mass is 16.6. The van der Waals surface area contributed by atoms with Gasteiger partial charge in [-0.05, 0) is 39.0 Å². The van der Waals surface area contributed by atoms with Crippen LogP contribution in [-0.2, 0) is 4.74 Å². The van der Waals surface area contributed by atoms with Gasteiger partial charge in [-0.25, -0.2) is 9.59 Å². The van der Waals surface area contributed by atoms with Crippen molar-refractivity contribution >= 4 is 12.1 Å². The number of hydrogen-bond acceptors (Lipinski definition) is 4. The smallest absolute Gasteiger partial charge is 0.409 e. The molecule has 1 unspecified atom stereocenters. The molecule has 7 nitrogen and oxygen atoms in total. The van der Waals surface area contributed by atoms with Gasteiger partial charge < -0.3 is 19.9 Å². The number of fused-ring (bicyclic) bond motifs is 1. The fraction of sp³-hybridized carbons (Fsp3) is 0.895. The normalized spacial score (nSPS) is 33.3. The Balaban J connectivity index is 1.29. The van der Waals surface area contributed by atoms with Gasteiger partial charge in [-0.15, -0.1) is 0 Å². The Morgan fingerprint density at radius 2 is 1.81 bits per heavy atom. The van der Waals surface area contributed by atoms with E-state index in [1.165, 1.54) is 12.8 Å². The molecule has 0 spiro atoms. The van der Waals surface area contributed by atoms with Crippen LogP contribution in [0.25, 0.3) is 0 Å². The summed E-state index contributed by atoms with van der Waals surface area (Å²) >= 11 is 0. The molecule has 3 aliphatic heterocycles. The van der Waals surface area contributed by atoms with E-state index in [0.717, 1.165) is 58.3 Å². The predicted molar refractivity (Wildman–Crippen MR) is 98.0 cm³/mol. The number of ether oxygens (including phenoxy) is 1. The maximum Gasteiger partial charge on any atom is 0.409 e. The van der Waals surface area contributed by atoms with Crippen molar-refractivity contribution < 1.29 is 14.3 Å². The lowest BCUT2D eigenvalue weighted by atomic mass is 9.89. The molecule has 146 valence electrons. The zero-order valence-electron chi connectivity index (χ0n) is 15.9. The lowest BCUT2D eigenvalue weighted by molar-refractivity contribution is 0.0796. The Bertz CT molecular complexity index is 535. The highest BCUT2D eigenvalue weighted by Crippen LogP contribution is 2.33. The van der Waals surface area contributed by atoms with Crippen molar-refractivity contribution in [3.63, 3.8) is 0 Å². The van der Waals surface area contributed by atoms with Crippen LogP contribution in [0.2, 0.25) is 0 Å². The second-order valence-electron chi connectivity index (χ2n) is 8.17. The molecule has 0 bridgehead atoms. The molecule has 3 amide bonds. The third kappa shape index (κ3) is 3.38. The summed E-state index contributed by atoms with van der Waals surface area (Å²) in [5.74, 6) is 0. The minimum atomic E-state index is -0.179. The van der Waals surface area contributed by atoms with Crippen molar-refractivity contribution in [2.75, 3.05) is 32.8 Å². The van der Waals surface area contributed by atoms with Crippen molar-refractivity contribution in [2.45, 2.75) is 76.0 Å². The van der Waals surface area contributed by atoms with Gasteiger partial charge >= 0.3 is 12.1 Å². The van der Waals surface area contributed by atoms with Gasteiger partial charge in [-0.1, -0.05) is 12.8 Å². The average Bonchev–Trinajstić information content (AvgIpc) is 3.26. The largest absolute Gasteiger partial charge is 0.450 e. The molecule has 3 atom stereocenters. The summed E-state index contributed by atoms with van der Waals surface area (Å²) in [5, 5.41) is 3.22. The minimum Gasteiger partial charge on any atom is -0.450 e. The molecule has 0 aromatic heterocycles. The van der Waals surface area contributed by atoms with Gasteiger partial charge in [0.1, 0.15) is 0 Å². The van der Waals surface area contributed by atoms with Gasteiger partial charge in [0, 0.05) is 38.3 Å². The highest BCUT2D eigenvalue weighted by Gasteiger charge is 2.44. The van der Waals surface area contributed by atoms with Crippen molar-refractivity contribution in [1.82, 2.24) is 20.0 Å². The quantitative estimate of drug-likeness (QED) is 0.832. The summed E-state index contributed by atoms with van der Waals surface area (Å²) in [6, 6.07) is 1.77. The Labute approximate surface area is 156 Å². The molecule has 4 fully saturated rings. The van der Waals surface area contributed by atoms with E-state index in [1.54, 1.807) is 0 Å². The molecule has 1 aliphatic carbocycles. The zero-order valence-corrected chi connectivity index (χ0v) is 15.9. The molecular weight excluding hydrogens is 332 g/mol. The number of hydrogen-bond donors (Lipinski definition) is 1. The monoisotopic (exact) mass is 364 g/mol. The zero-order chi connectivity index (χ0) is 18.1. The first-order valence-electron chi connectivity index (χ1n) is 10.4. The molecule has 3 saturated heterocycles. The molecular formula is C19H32N4O3. The first kappa shape index (κ1) is 17.9. The van der Waals surface area contributed by atoms with Crippen LogP contribution >= 0.6 is 0 Å². The Morgan fingerprint density at radius 3 is 2.58 bits per heavy atom. The Morgan fingerprint density at radius 1 is 1.08 bits per heavy atom. The van der Waals surface area contributed by atoms with E-state index < -0.39 is 0 Å². The van der Waals surface area contributed by atoms with Crippen molar-refractivity contribution in [3.05, 3.63) is 0 Å². The van der Waals surface area contributed by atoms with Crippen LogP contribution < -0.4 is 5.32 Å². The number of carbonyl (C=O) groups excluding carboxylic acids is 2. The molecule has 0 aromatic carbocycles. The first-order valence-corrected chi connectivity index (χ1v) is 10.4. The third-order valence-electron chi connectivity index (χ3n) is 6.73. The molecule has 7 heteroatoms. The summed E-state index contributed by atoms with van der Waals surface area (Å²) in [5.41, 5.74) is 0. The van der Waals surface area contributed by atoms with Crippen LogP contribution in [0.3, 0.4) is 0 Å². The molecule has 0 radical (unpaired) electrons. The van der Waals surface area contributed by atoms with Gasteiger partial charge in [0.05, 0.1) is 18.7 Å². The predicted octanol–water partition coefficient (Wildman–Crippen LogP) is 2.02. The van der Waals surface area contributed by atoms with Crippen LogP contribution in [0.5, 0.6) is 0 Å². The Hall–Kier alpha value is -1.50. The molecule has 26 heavy (non-hydrogen) atoms. The average molecular weight is 364 g/mol. The number of likely N-dealkylation sites (tertiary alicyclic amines) is 2. The summed E-state index contributed by atoms with van der Waals surface area (Å²) in [7, 11) is 0. The van der Waals surface area contributed by atoms with Crippen LogP contribution in [0, 0.1) is 0 Å².